The van der Waals surface area contributed by atoms with E-state index in [2.05, 4.69) is 35.1 Å². The lowest BCUT2D eigenvalue weighted by atomic mass is 10.1. The van der Waals surface area contributed by atoms with E-state index < -0.39 is 5.82 Å². The topological polar surface area (TPSA) is 29.1 Å². The van der Waals surface area contributed by atoms with Gasteiger partial charge in [0.1, 0.15) is 5.82 Å². The molecule has 1 N–H and O–H groups in total. The molecule has 0 aliphatic rings. The minimum atomic E-state index is -0.506. The minimum absolute atomic E-state index is 0.0870. The lowest BCUT2D eigenvalue weighted by Gasteiger charge is -2.08. The first-order valence-electron chi connectivity index (χ1n) is 5.74. The Labute approximate surface area is 110 Å². The maximum absolute atomic E-state index is 13.6. The first-order valence-corrected chi connectivity index (χ1v) is 6.54. The van der Waals surface area contributed by atoms with Crippen LogP contribution >= 0.6 is 15.9 Å². The van der Waals surface area contributed by atoms with Gasteiger partial charge >= 0.3 is 0 Å². The smallest absolute Gasteiger partial charge is 0.254 e. The van der Waals surface area contributed by atoms with Crippen molar-refractivity contribution >= 4 is 21.8 Å². The Bertz CT molecular complexity index is 393. The van der Waals surface area contributed by atoms with Crippen molar-refractivity contribution in [2.24, 2.45) is 5.92 Å². The number of nitrogens with one attached hydrogen (secondary N) is 1. The van der Waals surface area contributed by atoms with Crippen LogP contribution in [0.4, 0.5) is 4.39 Å². The predicted molar refractivity (Wildman–Crippen MR) is 70.5 cm³/mol. The van der Waals surface area contributed by atoms with Gasteiger partial charge in [0.25, 0.3) is 5.91 Å². The first kappa shape index (κ1) is 14.2. The van der Waals surface area contributed by atoms with E-state index in [1.165, 1.54) is 6.07 Å². The molecule has 0 aliphatic carbocycles. The zero-order valence-electron chi connectivity index (χ0n) is 10.1. The third-order valence-electron chi connectivity index (χ3n) is 2.44. The quantitative estimate of drug-likeness (QED) is 0.825. The van der Waals surface area contributed by atoms with Crippen molar-refractivity contribution in [1.82, 2.24) is 5.32 Å². The van der Waals surface area contributed by atoms with E-state index in [0.717, 1.165) is 12.8 Å². The largest absolute Gasteiger partial charge is 0.352 e. The molecule has 1 rings (SSSR count). The molecule has 0 atom stereocenters. The van der Waals surface area contributed by atoms with Crippen molar-refractivity contribution in [3.8, 4) is 0 Å². The van der Waals surface area contributed by atoms with Crippen LogP contribution in [0.25, 0.3) is 0 Å². The van der Waals surface area contributed by atoms with Gasteiger partial charge in [-0.1, -0.05) is 19.9 Å². The van der Waals surface area contributed by atoms with Crippen molar-refractivity contribution in [1.29, 1.82) is 0 Å². The molecule has 1 amide bonds. The summed E-state index contributed by atoms with van der Waals surface area (Å²) in [6.45, 7) is 4.86. The van der Waals surface area contributed by atoms with Gasteiger partial charge in [0.15, 0.2) is 0 Å². The van der Waals surface area contributed by atoms with Crippen LogP contribution < -0.4 is 5.32 Å². The molecule has 0 saturated carbocycles. The molecule has 1 aromatic rings. The molecule has 0 bridgehead atoms. The highest BCUT2D eigenvalue weighted by Gasteiger charge is 2.12. The molecule has 0 radical (unpaired) electrons. The summed E-state index contributed by atoms with van der Waals surface area (Å²) in [6.07, 6.45) is 1.97. The lowest BCUT2D eigenvalue weighted by molar-refractivity contribution is 0.0948. The van der Waals surface area contributed by atoms with E-state index in [-0.39, 0.29) is 11.5 Å². The first-order chi connectivity index (χ1) is 8.02. The highest BCUT2D eigenvalue weighted by molar-refractivity contribution is 9.10. The average Bonchev–Trinajstić information content (AvgIpc) is 2.27. The standard InChI is InChI=1S/C13H17BrFNO/c1-9(2)5-4-8-16-13(17)10-6-3-7-11(14)12(10)15/h3,6-7,9H,4-5,8H2,1-2H3,(H,16,17). The SMILES string of the molecule is CC(C)CCCNC(=O)c1cccc(Br)c1F. The summed E-state index contributed by atoms with van der Waals surface area (Å²) in [5.74, 6) is -0.240. The Hall–Kier alpha value is -0.900. The van der Waals surface area contributed by atoms with E-state index in [1.54, 1.807) is 12.1 Å². The summed E-state index contributed by atoms with van der Waals surface area (Å²) < 4.78 is 13.9. The molecule has 17 heavy (non-hydrogen) atoms. The number of rotatable bonds is 5. The fourth-order valence-electron chi connectivity index (χ4n) is 1.49. The molecule has 0 aliphatic heterocycles. The predicted octanol–water partition coefficient (Wildman–Crippen LogP) is 3.75. The summed E-state index contributed by atoms with van der Waals surface area (Å²) in [5, 5.41) is 2.72. The second-order valence-corrected chi connectivity index (χ2v) is 5.25. The molecule has 2 nitrogen and oxygen atoms in total. The number of hydrogen-bond acceptors (Lipinski definition) is 1. The van der Waals surface area contributed by atoms with Gasteiger partial charge in [0.2, 0.25) is 0 Å². The number of carbonyl (C=O) groups excluding carboxylic acids is 1. The van der Waals surface area contributed by atoms with Gasteiger partial charge in [-0.05, 0) is 46.8 Å². The van der Waals surface area contributed by atoms with Crippen LogP contribution in [0.1, 0.15) is 37.0 Å². The second-order valence-electron chi connectivity index (χ2n) is 4.39. The fraction of sp³-hybridized carbons (Fsp3) is 0.462. The Morgan fingerprint density at radius 3 is 2.82 bits per heavy atom. The number of benzene rings is 1. The number of carbonyl (C=O) groups is 1. The van der Waals surface area contributed by atoms with Gasteiger partial charge in [-0.2, -0.15) is 0 Å². The van der Waals surface area contributed by atoms with Crippen LogP contribution in [0.15, 0.2) is 22.7 Å². The zero-order chi connectivity index (χ0) is 12.8. The van der Waals surface area contributed by atoms with Crippen LogP contribution in [-0.4, -0.2) is 12.5 Å². The van der Waals surface area contributed by atoms with Crippen molar-refractivity contribution in [2.45, 2.75) is 26.7 Å². The average molecular weight is 302 g/mol. The van der Waals surface area contributed by atoms with E-state index in [4.69, 9.17) is 0 Å². The van der Waals surface area contributed by atoms with E-state index in [9.17, 15) is 9.18 Å². The fourth-order valence-corrected chi connectivity index (χ4v) is 1.85. The van der Waals surface area contributed by atoms with Gasteiger partial charge in [-0.25, -0.2) is 4.39 Å². The molecule has 1 aromatic carbocycles. The van der Waals surface area contributed by atoms with Gasteiger partial charge in [-0.15, -0.1) is 0 Å². The van der Waals surface area contributed by atoms with Crippen LogP contribution in [0.3, 0.4) is 0 Å². The number of hydrogen-bond donors (Lipinski definition) is 1. The van der Waals surface area contributed by atoms with Crippen LogP contribution in [-0.2, 0) is 0 Å². The Morgan fingerprint density at radius 1 is 1.47 bits per heavy atom. The maximum atomic E-state index is 13.6. The molecule has 0 unspecified atom stereocenters. The molecular weight excluding hydrogens is 285 g/mol. The molecule has 0 saturated heterocycles. The molecular formula is C13H17BrFNO. The third-order valence-corrected chi connectivity index (χ3v) is 3.05. The summed E-state index contributed by atoms with van der Waals surface area (Å²) in [6, 6.07) is 4.71. The highest BCUT2D eigenvalue weighted by Crippen LogP contribution is 2.18. The Balaban J connectivity index is 2.50. The maximum Gasteiger partial charge on any atom is 0.254 e. The van der Waals surface area contributed by atoms with Crippen molar-refractivity contribution in [3.63, 3.8) is 0 Å². The molecule has 0 aromatic heterocycles. The molecule has 0 spiro atoms. The normalized spacial score (nSPS) is 10.6. The van der Waals surface area contributed by atoms with Crippen LogP contribution in [0.5, 0.6) is 0 Å². The Kier molecular flexibility index (Phi) is 5.62. The minimum Gasteiger partial charge on any atom is -0.352 e. The lowest BCUT2D eigenvalue weighted by Crippen LogP contribution is -2.25. The van der Waals surface area contributed by atoms with Crippen molar-refractivity contribution < 1.29 is 9.18 Å². The number of amides is 1. The summed E-state index contributed by atoms with van der Waals surface area (Å²) in [4.78, 5) is 11.7. The van der Waals surface area contributed by atoms with Gasteiger partial charge in [0.05, 0.1) is 10.0 Å². The summed E-state index contributed by atoms with van der Waals surface area (Å²) in [5.41, 5.74) is 0.0870. The summed E-state index contributed by atoms with van der Waals surface area (Å²) >= 11 is 3.06. The van der Waals surface area contributed by atoms with Crippen LogP contribution in [0, 0.1) is 11.7 Å². The second kappa shape index (κ2) is 6.74. The van der Waals surface area contributed by atoms with Crippen LogP contribution in [0.2, 0.25) is 0 Å². The van der Waals surface area contributed by atoms with Crippen molar-refractivity contribution in [2.75, 3.05) is 6.54 Å². The van der Waals surface area contributed by atoms with Gasteiger partial charge in [0, 0.05) is 6.54 Å². The zero-order valence-corrected chi connectivity index (χ0v) is 11.7. The van der Waals surface area contributed by atoms with E-state index in [1.807, 2.05) is 0 Å². The summed E-state index contributed by atoms with van der Waals surface area (Å²) in [7, 11) is 0. The van der Waals surface area contributed by atoms with E-state index >= 15 is 0 Å². The molecule has 4 heteroatoms. The van der Waals surface area contributed by atoms with Gasteiger partial charge in [-0.3, -0.25) is 4.79 Å². The van der Waals surface area contributed by atoms with Gasteiger partial charge < -0.3 is 5.32 Å². The third kappa shape index (κ3) is 4.46. The molecule has 94 valence electrons. The highest BCUT2D eigenvalue weighted by atomic mass is 79.9. The van der Waals surface area contributed by atoms with E-state index in [0.29, 0.717) is 16.9 Å². The van der Waals surface area contributed by atoms with Crippen molar-refractivity contribution in [3.05, 3.63) is 34.1 Å². The number of halogens is 2. The Morgan fingerprint density at radius 2 is 2.18 bits per heavy atom. The monoisotopic (exact) mass is 301 g/mol. The molecule has 0 heterocycles. The molecule has 0 fully saturated rings.